The second kappa shape index (κ2) is 9.75. The molecule has 4 heterocycles. The van der Waals surface area contributed by atoms with E-state index in [1.807, 2.05) is 54.4 Å². The largest absolute Gasteiger partial charge is 0.497 e. The Morgan fingerprint density at radius 1 is 1.21 bits per heavy atom. The minimum absolute atomic E-state index is 0.113. The number of hydrogen-bond acceptors (Lipinski definition) is 6. The number of H-pyrrole nitrogens is 1. The number of aryl methyl sites for hydroxylation is 1. The van der Waals surface area contributed by atoms with E-state index in [0.717, 1.165) is 28.1 Å². The van der Waals surface area contributed by atoms with Gasteiger partial charge >= 0.3 is 6.03 Å². The van der Waals surface area contributed by atoms with Crippen molar-refractivity contribution >= 4 is 17.8 Å². The van der Waals surface area contributed by atoms with E-state index >= 15 is 0 Å². The van der Waals surface area contributed by atoms with Crippen molar-refractivity contribution in [2.24, 2.45) is 0 Å². The molecule has 3 aromatic rings. The van der Waals surface area contributed by atoms with Crippen LogP contribution in [0, 0.1) is 6.92 Å². The molecule has 2 N–H and O–H groups in total. The molecule has 1 spiro atoms. The summed E-state index contributed by atoms with van der Waals surface area (Å²) in [4.78, 5) is 36.9. The molecule has 10 nitrogen and oxygen atoms in total. The highest BCUT2D eigenvalue weighted by molar-refractivity contribution is 5.95. The van der Waals surface area contributed by atoms with E-state index < -0.39 is 11.1 Å². The van der Waals surface area contributed by atoms with Crippen molar-refractivity contribution in [1.82, 2.24) is 25.0 Å². The Kier molecular flexibility index (Phi) is 6.60. The highest BCUT2D eigenvalue weighted by Gasteiger charge is 2.52. The lowest BCUT2D eigenvalue weighted by Gasteiger charge is -2.44. The first kappa shape index (κ1) is 25.7. The van der Waals surface area contributed by atoms with E-state index in [4.69, 9.17) is 9.72 Å². The van der Waals surface area contributed by atoms with Gasteiger partial charge in [0, 0.05) is 42.7 Å². The normalized spacial score (nSPS) is 17.4. The summed E-state index contributed by atoms with van der Waals surface area (Å²) >= 11 is 0. The summed E-state index contributed by atoms with van der Waals surface area (Å²) in [5.41, 5.74) is 1.76. The number of aromatic nitrogens is 3. The van der Waals surface area contributed by atoms with E-state index in [2.05, 4.69) is 10.2 Å². The zero-order chi connectivity index (χ0) is 27.1. The van der Waals surface area contributed by atoms with Crippen LogP contribution in [-0.4, -0.2) is 79.9 Å². The topological polar surface area (TPSA) is 115 Å². The number of piperidine rings is 1. The minimum atomic E-state index is -1.43. The van der Waals surface area contributed by atoms with E-state index in [1.54, 1.807) is 23.1 Å². The third-order valence-corrected chi connectivity index (χ3v) is 7.62. The van der Waals surface area contributed by atoms with Gasteiger partial charge in [0.1, 0.15) is 17.2 Å². The summed E-state index contributed by atoms with van der Waals surface area (Å²) in [5, 5.41) is 17.1. The number of amides is 3. The summed E-state index contributed by atoms with van der Waals surface area (Å²) in [5.74, 6) is 1.04. The minimum Gasteiger partial charge on any atom is -0.497 e. The van der Waals surface area contributed by atoms with E-state index in [9.17, 15) is 14.7 Å². The number of nitrogens with zero attached hydrogens (tertiary/aromatic N) is 5. The van der Waals surface area contributed by atoms with Gasteiger partial charge in [0.25, 0.3) is 5.91 Å². The van der Waals surface area contributed by atoms with Crippen LogP contribution in [0.3, 0.4) is 0 Å². The summed E-state index contributed by atoms with van der Waals surface area (Å²) in [6, 6.07) is 11.5. The van der Waals surface area contributed by atoms with E-state index in [0.29, 0.717) is 44.8 Å². The van der Waals surface area contributed by atoms with Crippen LogP contribution in [0.5, 0.6) is 5.75 Å². The molecule has 38 heavy (non-hydrogen) atoms. The first-order chi connectivity index (χ1) is 18.1. The number of likely N-dealkylation sites (tertiary alicyclic amines) is 1. The lowest BCUT2D eigenvalue weighted by Crippen LogP contribution is -2.57. The summed E-state index contributed by atoms with van der Waals surface area (Å²) in [6.07, 6.45) is 4.77. The van der Waals surface area contributed by atoms with E-state index in [-0.39, 0.29) is 11.9 Å². The number of hydrogen-bond donors (Lipinski definition) is 2. The van der Waals surface area contributed by atoms with Gasteiger partial charge < -0.3 is 19.6 Å². The fraction of sp³-hybridized carbons (Fsp3) is 0.429. The molecule has 2 aromatic heterocycles. The van der Waals surface area contributed by atoms with Crippen LogP contribution in [0.1, 0.15) is 37.9 Å². The van der Waals surface area contributed by atoms with Gasteiger partial charge in [0.05, 0.1) is 25.4 Å². The summed E-state index contributed by atoms with van der Waals surface area (Å²) < 4.78 is 5.40. The van der Waals surface area contributed by atoms with Crippen LogP contribution < -0.4 is 9.64 Å². The zero-order valence-corrected chi connectivity index (χ0v) is 22.3. The standard InChI is InChI=1S/C28H34N6O4/c1-19-23(21-15-29-30-16-21)8-9-24(31-19)33-18-28(10-12-32(13-11-28)25(35)27(2,3)37)34(26(33)36)17-20-6-5-7-22(14-20)38-4/h5-9,14-16,37H,10-13,17-18H2,1-4H3,(H,29,30). The molecule has 1 aromatic carbocycles. The van der Waals surface area contributed by atoms with Gasteiger partial charge in [-0.05, 0) is 63.4 Å². The number of ether oxygens (including phenoxy) is 1. The molecule has 10 heteroatoms. The molecule has 2 aliphatic heterocycles. The Hall–Kier alpha value is -3.92. The van der Waals surface area contributed by atoms with Crippen molar-refractivity contribution < 1.29 is 19.4 Å². The number of anilines is 1. The molecule has 2 fully saturated rings. The quantitative estimate of drug-likeness (QED) is 0.517. The number of carbonyl (C=O) groups is 2. The molecule has 0 unspecified atom stereocenters. The predicted octanol–water partition coefficient (Wildman–Crippen LogP) is 3.36. The van der Waals surface area contributed by atoms with Crippen molar-refractivity contribution in [3.63, 3.8) is 0 Å². The van der Waals surface area contributed by atoms with Crippen molar-refractivity contribution in [2.45, 2.75) is 51.3 Å². The van der Waals surface area contributed by atoms with Crippen LogP contribution in [-0.2, 0) is 11.3 Å². The molecule has 2 aliphatic rings. The zero-order valence-electron chi connectivity index (χ0n) is 22.3. The number of rotatable bonds is 6. The molecule has 200 valence electrons. The van der Waals surface area contributed by atoms with Crippen LogP contribution in [0.15, 0.2) is 48.8 Å². The number of carbonyl (C=O) groups excluding carboxylic acids is 2. The predicted molar refractivity (Wildman–Crippen MR) is 143 cm³/mol. The average molecular weight is 519 g/mol. The molecular weight excluding hydrogens is 484 g/mol. The van der Waals surface area contributed by atoms with Gasteiger partial charge in [0.2, 0.25) is 0 Å². The molecule has 5 rings (SSSR count). The molecule has 0 bridgehead atoms. The molecule has 0 saturated carbocycles. The SMILES string of the molecule is COc1cccc(CN2C(=O)N(c3ccc(-c4cn[nH]c4)c(C)n3)CC23CCN(C(=O)C(C)(C)O)CC3)c1. The Labute approximate surface area is 222 Å². The molecule has 0 aliphatic carbocycles. The van der Waals surface area contributed by atoms with Gasteiger partial charge in [-0.2, -0.15) is 5.10 Å². The molecule has 2 saturated heterocycles. The van der Waals surface area contributed by atoms with Gasteiger partial charge in [-0.1, -0.05) is 12.1 Å². The van der Waals surface area contributed by atoms with Gasteiger partial charge in [0.15, 0.2) is 0 Å². The summed E-state index contributed by atoms with van der Waals surface area (Å²) in [6.45, 7) is 6.76. The van der Waals surface area contributed by atoms with E-state index in [1.165, 1.54) is 13.8 Å². The number of benzene rings is 1. The van der Waals surface area contributed by atoms with Crippen molar-refractivity contribution in [3.05, 3.63) is 60.0 Å². The Bertz CT molecular complexity index is 1330. The van der Waals surface area contributed by atoms with Gasteiger partial charge in [-0.15, -0.1) is 0 Å². The second-order valence-corrected chi connectivity index (χ2v) is 10.7. The Morgan fingerprint density at radius 3 is 2.61 bits per heavy atom. The van der Waals surface area contributed by atoms with Crippen LogP contribution in [0.25, 0.3) is 11.1 Å². The summed E-state index contributed by atoms with van der Waals surface area (Å²) in [7, 11) is 1.62. The van der Waals surface area contributed by atoms with Crippen LogP contribution in [0.4, 0.5) is 10.6 Å². The highest BCUT2D eigenvalue weighted by atomic mass is 16.5. The van der Waals surface area contributed by atoms with Crippen molar-refractivity contribution in [2.75, 3.05) is 31.6 Å². The maximum Gasteiger partial charge on any atom is 0.326 e. The Balaban J connectivity index is 1.45. The van der Waals surface area contributed by atoms with Crippen LogP contribution in [0.2, 0.25) is 0 Å². The Morgan fingerprint density at radius 2 is 1.97 bits per heavy atom. The molecule has 3 amide bonds. The fourth-order valence-electron chi connectivity index (χ4n) is 5.51. The molecule has 0 radical (unpaired) electrons. The first-order valence-corrected chi connectivity index (χ1v) is 12.8. The van der Waals surface area contributed by atoms with Crippen LogP contribution >= 0.6 is 0 Å². The first-order valence-electron chi connectivity index (χ1n) is 12.8. The van der Waals surface area contributed by atoms with Crippen molar-refractivity contribution in [1.29, 1.82) is 0 Å². The van der Waals surface area contributed by atoms with Gasteiger partial charge in [-0.3, -0.25) is 14.8 Å². The smallest absolute Gasteiger partial charge is 0.326 e. The molecular formula is C28H34N6O4. The maximum absolute atomic E-state index is 14.0. The van der Waals surface area contributed by atoms with Crippen molar-refractivity contribution in [3.8, 4) is 16.9 Å². The third-order valence-electron chi connectivity index (χ3n) is 7.62. The molecule has 0 atom stereocenters. The number of urea groups is 1. The lowest BCUT2D eigenvalue weighted by atomic mass is 9.85. The highest BCUT2D eigenvalue weighted by Crippen LogP contribution is 2.40. The number of aliphatic hydroxyl groups is 1. The maximum atomic E-state index is 14.0. The third kappa shape index (κ3) is 4.71. The second-order valence-electron chi connectivity index (χ2n) is 10.7. The number of nitrogens with one attached hydrogen (secondary N) is 1. The average Bonchev–Trinajstić information content (AvgIpc) is 3.52. The number of methoxy groups -OCH3 is 1. The lowest BCUT2D eigenvalue weighted by molar-refractivity contribution is -0.150. The number of pyridine rings is 1. The fourth-order valence-corrected chi connectivity index (χ4v) is 5.51. The van der Waals surface area contributed by atoms with Gasteiger partial charge in [-0.25, -0.2) is 9.78 Å². The number of aromatic amines is 1. The monoisotopic (exact) mass is 518 g/mol.